The van der Waals surface area contributed by atoms with E-state index in [1.54, 1.807) is 6.07 Å². The van der Waals surface area contributed by atoms with Crippen LogP contribution >= 0.6 is 0 Å². The van der Waals surface area contributed by atoms with Crippen LogP contribution in [-0.4, -0.2) is 16.7 Å². The monoisotopic (exact) mass is 289 g/mol. The molecule has 0 aliphatic carbocycles. The standard InChI is InChI=1S/C16H20FN3O/c1-3-7-16(8-4-9-18-16)15-19-14(20-21-15)13-6-5-12(17)10-11(13)2/h5-6,10,18H,3-4,7-9H2,1-2H3. The highest BCUT2D eigenvalue weighted by molar-refractivity contribution is 5.59. The minimum atomic E-state index is -0.250. The van der Waals surface area contributed by atoms with Crippen molar-refractivity contribution in [3.8, 4) is 11.4 Å². The lowest BCUT2D eigenvalue weighted by atomic mass is 9.92. The molecule has 2 heterocycles. The molecule has 112 valence electrons. The number of nitrogens with one attached hydrogen (secondary N) is 1. The van der Waals surface area contributed by atoms with Crippen molar-refractivity contribution < 1.29 is 8.91 Å². The molecule has 0 bridgehead atoms. The van der Waals surface area contributed by atoms with Gasteiger partial charge in [-0.2, -0.15) is 4.98 Å². The lowest BCUT2D eigenvalue weighted by molar-refractivity contribution is 0.241. The van der Waals surface area contributed by atoms with Crippen LogP contribution in [0.3, 0.4) is 0 Å². The Bertz CT molecular complexity index is 632. The minimum Gasteiger partial charge on any atom is -0.337 e. The normalized spacial score (nSPS) is 21.9. The second-order valence-electron chi connectivity index (χ2n) is 5.74. The molecule has 21 heavy (non-hydrogen) atoms. The molecule has 0 saturated carbocycles. The average Bonchev–Trinajstić information content (AvgIpc) is 3.08. The second kappa shape index (κ2) is 5.56. The zero-order valence-corrected chi connectivity index (χ0v) is 12.4. The van der Waals surface area contributed by atoms with E-state index in [9.17, 15) is 4.39 Å². The predicted octanol–water partition coefficient (Wildman–Crippen LogP) is 3.56. The molecule has 1 saturated heterocycles. The van der Waals surface area contributed by atoms with Crippen LogP contribution in [0.25, 0.3) is 11.4 Å². The minimum absolute atomic E-state index is 0.187. The molecule has 4 nitrogen and oxygen atoms in total. The molecule has 1 fully saturated rings. The Morgan fingerprint density at radius 3 is 2.95 bits per heavy atom. The smallest absolute Gasteiger partial charge is 0.247 e. The number of nitrogens with zero attached hydrogens (tertiary/aromatic N) is 2. The number of hydrogen-bond donors (Lipinski definition) is 1. The Hall–Kier alpha value is -1.75. The van der Waals surface area contributed by atoms with Gasteiger partial charge in [-0.3, -0.25) is 0 Å². The highest BCUT2D eigenvalue weighted by atomic mass is 19.1. The number of halogens is 1. The third-order valence-corrected chi connectivity index (χ3v) is 4.19. The maximum absolute atomic E-state index is 13.2. The maximum atomic E-state index is 13.2. The average molecular weight is 289 g/mol. The molecule has 1 N–H and O–H groups in total. The summed E-state index contributed by atoms with van der Waals surface area (Å²) in [6, 6.07) is 4.61. The van der Waals surface area contributed by atoms with Crippen molar-refractivity contribution in [1.82, 2.24) is 15.5 Å². The lowest BCUT2D eigenvalue weighted by Gasteiger charge is -2.24. The summed E-state index contributed by atoms with van der Waals surface area (Å²) in [7, 11) is 0. The molecule has 0 spiro atoms. The van der Waals surface area contributed by atoms with E-state index in [0.717, 1.165) is 43.4 Å². The van der Waals surface area contributed by atoms with E-state index in [1.165, 1.54) is 12.1 Å². The third-order valence-electron chi connectivity index (χ3n) is 4.19. The van der Waals surface area contributed by atoms with E-state index in [0.29, 0.717) is 11.7 Å². The Labute approximate surface area is 123 Å². The first kappa shape index (κ1) is 14.2. The van der Waals surface area contributed by atoms with Gasteiger partial charge in [-0.05, 0) is 56.5 Å². The van der Waals surface area contributed by atoms with Crippen LogP contribution in [0.1, 0.15) is 44.1 Å². The van der Waals surface area contributed by atoms with E-state index < -0.39 is 0 Å². The fraction of sp³-hybridized carbons (Fsp3) is 0.500. The van der Waals surface area contributed by atoms with Gasteiger partial charge in [-0.15, -0.1) is 0 Å². The summed E-state index contributed by atoms with van der Waals surface area (Å²) in [6.45, 7) is 4.99. The van der Waals surface area contributed by atoms with Gasteiger partial charge in [-0.1, -0.05) is 18.5 Å². The molecular weight excluding hydrogens is 269 g/mol. The molecule has 0 amide bonds. The van der Waals surface area contributed by atoms with E-state index in [2.05, 4.69) is 22.4 Å². The first-order valence-electron chi connectivity index (χ1n) is 7.50. The topological polar surface area (TPSA) is 51.0 Å². The number of aryl methyl sites for hydroxylation is 1. The van der Waals surface area contributed by atoms with Gasteiger partial charge in [0.2, 0.25) is 11.7 Å². The van der Waals surface area contributed by atoms with Crippen molar-refractivity contribution in [2.75, 3.05) is 6.54 Å². The molecule has 1 aliphatic heterocycles. The van der Waals surface area contributed by atoms with Crippen molar-refractivity contribution in [2.45, 2.75) is 45.1 Å². The molecule has 0 radical (unpaired) electrons. The zero-order chi connectivity index (χ0) is 14.9. The fourth-order valence-corrected chi connectivity index (χ4v) is 3.14. The summed E-state index contributed by atoms with van der Waals surface area (Å²) in [6.07, 6.45) is 4.18. The molecule has 3 rings (SSSR count). The van der Waals surface area contributed by atoms with Gasteiger partial charge in [0.15, 0.2) is 0 Å². The third kappa shape index (κ3) is 2.58. The molecule has 1 aromatic heterocycles. The molecule has 1 aliphatic rings. The van der Waals surface area contributed by atoms with Crippen LogP contribution in [0, 0.1) is 12.7 Å². The predicted molar refractivity (Wildman–Crippen MR) is 78.3 cm³/mol. The first-order valence-corrected chi connectivity index (χ1v) is 7.50. The van der Waals surface area contributed by atoms with Gasteiger partial charge >= 0.3 is 0 Å². The number of aromatic nitrogens is 2. The van der Waals surface area contributed by atoms with Gasteiger partial charge in [0, 0.05) is 5.56 Å². The van der Waals surface area contributed by atoms with Crippen LogP contribution in [-0.2, 0) is 5.54 Å². The maximum Gasteiger partial charge on any atom is 0.247 e. The van der Waals surface area contributed by atoms with E-state index in [1.807, 2.05) is 6.92 Å². The molecule has 2 aromatic rings. The lowest BCUT2D eigenvalue weighted by Crippen LogP contribution is -2.36. The van der Waals surface area contributed by atoms with Crippen molar-refractivity contribution in [1.29, 1.82) is 0 Å². The van der Waals surface area contributed by atoms with Crippen LogP contribution in [0.15, 0.2) is 22.7 Å². The second-order valence-corrected chi connectivity index (χ2v) is 5.74. The van der Waals surface area contributed by atoms with Gasteiger partial charge < -0.3 is 9.84 Å². The van der Waals surface area contributed by atoms with Crippen molar-refractivity contribution in [2.24, 2.45) is 0 Å². The quantitative estimate of drug-likeness (QED) is 0.935. The summed E-state index contributed by atoms with van der Waals surface area (Å²) in [5.41, 5.74) is 1.44. The van der Waals surface area contributed by atoms with E-state index in [-0.39, 0.29) is 11.4 Å². The summed E-state index contributed by atoms with van der Waals surface area (Å²) < 4.78 is 18.7. The molecular formula is C16H20FN3O. The van der Waals surface area contributed by atoms with Crippen molar-refractivity contribution in [3.05, 3.63) is 35.5 Å². The van der Waals surface area contributed by atoms with Gasteiger partial charge in [0.25, 0.3) is 0 Å². The van der Waals surface area contributed by atoms with Crippen LogP contribution in [0.4, 0.5) is 4.39 Å². The van der Waals surface area contributed by atoms with Crippen molar-refractivity contribution in [3.63, 3.8) is 0 Å². The molecule has 5 heteroatoms. The largest absolute Gasteiger partial charge is 0.337 e. The number of hydrogen-bond acceptors (Lipinski definition) is 4. The molecule has 1 aromatic carbocycles. The number of rotatable bonds is 4. The van der Waals surface area contributed by atoms with Crippen LogP contribution in [0.2, 0.25) is 0 Å². The highest BCUT2D eigenvalue weighted by Gasteiger charge is 2.39. The number of benzene rings is 1. The zero-order valence-electron chi connectivity index (χ0n) is 12.4. The first-order chi connectivity index (χ1) is 10.1. The Kier molecular flexibility index (Phi) is 3.76. The Balaban J connectivity index is 1.95. The Morgan fingerprint density at radius 1 is 1.43 bits per heavy atom. The summed E-state index contributed by atoms with van der Waals surface area (Å²) in [5.74, 6) is 0.937. The molecule has 1 atom stereocenters. The van der Waals surface area contributed by atoms with Gasteiger partial charge in [0.1, 0.15) is 5.82 Å². The highest BCUT2D eigenvalue weighted by Crippen LogP contribution is 2.35. The van der Waals surface area contributed by atoms with E-state index in [4.69, 9.17) is 4.52 Å². The van der Waals surface area contributed by atoms with Gasteiger partial charge in [0.05, 0.1) is 5.54 Å². The SMILES string of the molecule is CCCC1(c2nc(-c3ccc(F)cc3C)no2)CCCN1. The summed E-state index contributed by atoms with van der Waals surface area (Å²) in [5, 5.41) is 7.62. The van der Waals surface area contributed by atoms with Crippen LogP contribution < -0.4 is 5.32 Å². The van der Waals surface area contributed by atoms with E-state index >= 15 is 0 Å². The van der Waals surface area contributed by atoms with Crippen molar-refractivity contribution >= 4 is 0 Å². The fourth-order valence-electron chi connectivity index (χ4n) is 3.14. The Morgan fingerprint density at radius 2 is 2.29 bits per heavy atom. The summed E-state index contributed by atoms with van der Waals surface area (Å²) >= 11 is 0. The summed E-state index contributed by atoms with van der Waals surface area (Å²) in [4.78, 5) is 4.58. The van der Waals surface area contributed by atoms with Gasteiger partial charge in [-0.25, -0.2) is 4.39 Å². The molecule has 1 unspecified atom stereocenters. The van der Waals surface area contributed by atoms with Crippen LogP contribution in [0.5, 0.6) is 0 Å².